The summed E-state index contributed by atoms with van der Waals surface area (Å²) in [6, 6.07) is 3.40. The highest BCUT2D eigenvalue weighted by Crippen LogP contribution is 2.28. The summed E-state index contributed by atoms with van der Waals surface area (Å²) in [6.07, 6.45) is 9.31. The number of nitrogens with two attached hydrogens (primary N) is 1. The summed E-state index contributed by atoms with van der Waals surface area (Å²) < 4.78 is 0. The average molecular weight is 262 g/mol. The number of nitrogen functional groups attached to an aromatic ring is 1. The van der Waals surface area contributed by atoms with Gasteiger partial charge in [0.15, 0.2) is 0 Å². The fraction of sp³-hybridized carbons (Fsp3) is 0.571. The smallest absolute Gasteiger partial charge is 0.252 e. The number of nitrogens with zero attached hydrogens (tertiary/aromatic N) is 1. The van der Waals surface area contributed by atoms with E-state index in [9.17, 15) is 4.79 Å². The average Bonchev–Trinajstić information content (AvgIpc) is 2.96. The van der Waals surface area contributed by atoms with Gasteiger partial charge in [-0.3, -0.25) is 4.79 Å². The summed E-state index contributed by atoms with van der Waals surface area (Å²) in [4.78, 5) is 15.9. The van der Waals surface area contributed by atoms with Gasteiger partial charge in [-0.1, -0.05) is 25.7 Å². The Hall–Kier alpha value is -1.62. The molecule has 0 aromatic carbocycles. The highest BCUT2D eigenvalue weighted by atomic mass is 16.1. The van der Waals surface area contributed by atoms with Crippen molar-refractivity contribution in [1.29, 1.82) is 0 Å². The van der Waals surface area contributed by atoms with Gasteiger partial charge < -0.3 is 10.7 Å². The Kier molecular flexibility index (Phi) is 5.15. The summed E-state index contributed by atoms with van der Waals surface area (Å²) in [7, 11) is 0. The number of amides is 1. The SMILES string of the molecule is NNc1ccc(C(=O)NCCCC2CCCC2)cn1. The van der Waals surface area contributed by atoms with Gasteiger partial charge in [0, 0.05) is 12.7 Å². The fourth-order valence-electron chi connectivity index (χ4n) is 2.61. The number of anilines is 1. The molecule has 2 rings (SSSR count). The summed E-state index contributed by atoms with van der Waals surface area (Å²) in [5.74, 6) is 6.59. The van der Waals surface area contributed by atoms with E-state index in [2.05, 4.69) is 15.7 Å². The number of pyridine rings is 1. The zero-order chi connectivity index (χ0) is 13.5. The van der Waals surface area contributed by atoms with Crippen LogP contribution in [0.4, 0.5) is 5.82 Å². The molecule has 0 unspecified atom stereocenters. The number of hydrogen-bond acceptors (Lipinski definition) is 4. The van der Waals surface area contributed by atoms with E-state index >= 15 is 0 Å². The summed E-state index contributed by atoms with van der Waals surface area (Å²) in [5, 5.41) is 2.93. The van der Waals surface area contributed by atoms with E-state index in [4.69, 9.17) is 5.84 Å². The predicted molar refractivity (Wildman–Crippen MR) is 75.6 cm³/mol. The van der Waals surface area contributed by atoms with Crippen LogP contribution in [0.1, 0.15) is 48.9 Å². The maximum Gasteiger partial charge on any atom is 0.252 e. The molecular formula is C14H22N4O. The summed E-state index contributed by atoms with van der Waals surface area (Å²) in [6.45, 7) is 0.742. The van der Waals surface area contributed by atoms with Gasteiger partial charge in [-0.05, 0) is 30.9 Å². The third kappa shape index (κ3) is 4.21. The van der Waals surface area contributed by atoms with E-state index in [0.29, 0.717) is 11.4 Å². The lowest BCUT2D eigenvalue weighted by molar-refractivity contribution is 0.0952. The monoisotopic (exact) mass is 262 g/mol. The van der Waals surface area contributed by atoms with E-state index < -0.39 is 0 Å². The Morgan fingerprint density at radius 2 is 2.16 bits per heavy atom. The molecule has 0 spiro atoms. The van der Waals surface area contributed by atoms with E-state index in [-0.39, 0.29) is 5.91 Å². The fourth-order valence-corrected chi connectivity index (χ4v) is 2.61. The molecule has 1 fully saturated rings. The Morgan fingerprint density at radius 1 is 1.37 bits per heavy atom. The van der Waals surface area contributed by atoms with E-state index in [1.807, 2.05) is 0 Å². The highest BCUT2D eigenvalue weighted by molar-refractivity contribution is 5.93. The highest BCUT2D eigenvalue weighted by Gasteiger charge is 2.14. The van der Waals surface area contributed by atoms with Crippen molar-refractivity contribution < 1.29 is 4.79 Å². The Labute approximate surface area is 114 Å². The first-order chi connectivity index (χ1) is 9.29. The molecule has 4 N–H and O–H groups in total. The molecule has 0 bridgehead atoms. The van der Waals surface area contributed by atoms with E-state index in [1.54, 1.807) is 12.1 Å². The lowest BCUT2D eigenvalue weighted by Crippen LogP contribution is -2.25. The van der Waals surface area contributed by atoms with Crippen molar-refractivity contribution in [3.63, 3.8) is 0 Å². The topological polar surface area (TPSA) is 80.0 Å². The van der Waals surface area contributed by atoms with Crippen molar-refractivity contribution in [3.05, 3.63) is 23.9 Å². The van der Waals surface area contributed by atoms with Crippen LogP contribution in [0.2, 0.25) is 0 Å². The second-order valence-corrected chi connectivity index (χ2v) is 5.13. The van der Waals surface area contributed by atoms with Gasteiger partial charge in [-0.2, -0.15) is 0 Å². The summed E-state index contributed by atoms with van der Waals surface area (Å²) in [5.41, 5.74) is 3.00. The standard InChI is InChI=1S/C14H22N4O/c15-18-13-8-7-12(10-17-13)14(19)16-9-3-6-11-4-1-2-5-11/h7-8,10-11H,1-6,9,15H2,(H,16,19)(H,17,18). The number of carbonyl (C=O) groups is 1. The van der Waals surface area contributed by atoms with Crippen LogP contribution in [0, 0.1) is 5.92 Å². The molecule has 1 saturated carbocycles. The van der Waals surface area contributed by atoms with Crippen molar-refractivity contribution in [2.75, 3.05) is 12.0 Å². The maximum atomic E-state index is 11.8. The lowest BCUT2D eigenvalue weighted by Gasteiger charge is -2.09. The van der Waals surface area contributed by atoms with Gasteiger partial charge in [0.25, 0.3) is 5.91 Å². The molecule has 1 aromatic rings. The molecular weight excluding hydrogens is 240 g/mol. The molecule has 0 radical (unpaired) electrons. The molecule has 104 valence electrons. The number of aromatic nitrogens is 1. The van der Waals surface area contributed by atoms with Crippen molar-refractivity contribution in [2.45, 2.75) is 38.5 Å². The van der Waals surface area contributed by atoms with Crippen molar-refractivity contribution in [2.24, 2.45) is 11.8 Å². The van der Waals surface area contributed by atoms with Gasteiger partial charge in [-0.25, -0.2) is 10.8 Å². The minimum atomic E-state index is -0.0671. The second-order valence-electron chi connectivity index (χ2n) is 5.13. The molecule has 19 heavy (non-hydrogen) atoms. The molecule has 0 aliphatic heterocycles. The minimum absolute atomic E-state index is 0.0671. The quantitative estimate of drug-likeness (QED) is 0.416. The molecule has 1 heterocycles. The van der Waals surface area contributed by atoms with Crippen LogP contribution < -0.4 is 16.6 Å². The number of hydrogen-bond donors (Lipinski definition) is 3. The Bertz CT molecular complexity index is 398. The van der Waals surface area contributed by atoms with Gasteiger partial charge in [0.05, 0.1) is 5.56 Å². The molecule has 5 heteroatoms. The zero-order valence-electron chi connectivity index (χ0n) is 11.2. The number of carbonyl (C=O) groups excluding carboxylic acids is 1. The van der Waals surface area contributed by atoms with Crippen molar-refractivity contribution >= 4 is 11.7 Å². The van der Waals surface area contributed by atoms with Crippen LogP contribution in [0.25, 0.3) is 0 Å². The molecule has 0 saturated heterocycles. The zero-order valence-corrected chi connectivity index (χ0v) is 11.2. The van der Waals surface area contributed by atoms with Crippen LogP contribution in [0.3, 0.4) is 0 Å². The normalized spacial score (nSPS) is 15.4. The number of rotatable bonds is 6. The maximum absolute atomic E-state index is 11.8. The Balaban J connectivity index is 1.68. The van der Waals surface area contributed by atoms with Gasteiger partial charge in [0.2, 0.25) is 0 Å². The van der Waals surface area contributed by atoms with Gasteiger partial charge in [-0.15, -0.1) is 0 Å². The first kappa shape index (κ1) is 13.8. The molecule has 1 aliphatic carbocycles. The molecule has 1 aliphatic rings. The van der Waals surface area contributed by atoms with Gasteiger partial charge >= 0.3 is 0 Å². The third-order valence-corrected chi connectivity index (χ3v) is 3.72. The van der Waals surface area contributed by atoms with E-state index in [0.717, 1.165) is 18.9 Å². The van der Waals surface area contributed by atoms with Crippen LogP contribution in [-0.4, -0.2) is 17.4 Å². The van der Waals surface area contributed by atoms with Crippen LogP contribution in [-0.2, 0) is 0 Å². The first-order valence-corrected chi connectivity index (χ1v) is 7.00. The molecule has 0 atom stereocenters. The lowest BCUT2D eigenvalue weighted by atomic mass is 10.0. The molecule has 1 aromatic heterocycles. The second kappa shape index (κ2) is 7.09. The Morgan fingerprint density at radius 3 is 2.79 bits per heavy atom. The van der Waals surface area contributed by atoms with Gasteiger partial charge in [0.1, 0.15) is 5.82 Å². The third-order valence-electron chi connectivity index (χ3n) is 3.72. The van der Waals surface area contributed by atoms with E-state index in [1.165, 1.54) is 38.3 Å². The predicted octanol–water partition coefficient (Wildman–Crippen LogP) is 2.07. The largest absolute Gasteiger partial charge is 0.352 e. The minimum Gasteiger partial charge on any atom is -0.352 e. The van der Waals surface area contributed by atoms with Crippen molar-refractivity contribution in [3.8, 4) is 0 Å². The van der Waals surface area contributed by atoms with Crippen molar-refractivity contribution in [1.82, 2.24) is 10.3 Å². The van der Waals surface area contributed by atoms with Crippen LogP contribution >= 0.6 is 0 Å². The molecule has 5 nitrogen and oxygen atoms in total. The van der Waals surface area contributed by atoms with Crippen LogP contribution in [0.15, 0.2) is 18.3 Å². The molecule has 1 amide bonds. The first-order valence-electron chi connectivity index (χ1n) is 7.00. The number of hydrazine groups is 1. The summed E-state index contributed by atoms with van der Waals surface area (Å²) >= 11 is 0. The number of nitrogens with one attached hydrogen (secondary N) is 2. The van der Waals surface area contributed by atoms with Crippen LogP contribution in [0.5, 0.6) is 0 Å².